The van der Waals surface area contributed by atoms with E-state index >= 15 is 0 Å². The van der Waals surface area contributed by atoms with E-state index in [4.69, 9.17) is 4.42 Å². The number of nitrogens with zero attached hydrogens (tertiary/aromatic N) is 3. The Kier molecular flexibility index (Phi) is 5.29. The van der Waals surface area contributed by atoms with E-state index in [1.807, 2.05) is 0 Å². The van der Waals surface area contributed by atoms with E-state index in [1.54, 1.807) is 10.3 Å². The molecule has 2 aromatic heterocycles. The number of aromatic nitrogens is 2. The lowest BCUT2D eigenvalue weighted by Crippen LogP contribution is -2.35. The Hall–Kier alpha value is -1.78. The van der Waals surface area contributed by atoms with Crippen molar-refractivity contribution in [3.05, 3.63) is 17.3 Å². The van der Waals surface area contributed by atoms with Gasteiger partial charge in [0.1, 0.15) is 4.21 Å². The maximum Gasteiger partial charge on any atom is 0.311 e. The summed E-state index contributed by atoms with van der Waals surface area (Å²) in [5, 5.41) is 9.44. The molecule has 1 aliphatic heterocycles. The van der Waals surface area contributed by atoms with Crippen LogP contribution in [0.4, 0.5) is 0 Å². The van der Waals surface area contributed by atoms with Gasteiger partial charge in [-0.15, -0.1) is 21.5 Å². The molecule has 146 valence electrons. The predicted molar refractivity (Wildman–Crippen MR) is 99.9 cm³/mol. The highest BCUT2D eigenvalue weighted by Gasteiger charge is 2.27. The minimum Gasteiger partial charge on any atom is -0.412 e. The molecular formula is C17H22N4O4S2. The monoisotopic (exact) mass is 410 g/mol. The minimum atomic E-state index is -3.55. The third-order valence-corrected chi connectivity index (χ3v) is 7.98. The second-order valence-electron chi connectivity index (χ2n) is 7.02. The number of hydrogen-bond donors (Lipinski definition) is 1. The first-order valence-corrected chi connectivity index (χ1v) is 11.6. The number of amides is 1. The van der Waals surface area contributed by atoms with Gasteiger partial charge in [0.2, 0.25) is 15.9 Å². The van der Waals surface area contributed by atoms with Gasteiger partial charge >= 0.3 is 11.8 Å². The topological polar surface area (TPSA) is 105 Å². The smallest absolute Gasteiger partial charge is 0.311 e. The Labute approximate surface area is 162 Å². The summed E-state index contributed by atoms with van der Waals surface area (Å²) >= 11 is 1.11. The predicted octanol–water partition coefficient (Wildman–Crippen LogP) is 2.65. The van der Waals surface area contributed by atoms with Crippen LogP contribution in [0.2, 0.25) is 0 Å². The van der Waals surface area contributed by atoms with Gasteiger partial charge in [-0.1, -0.05) is 12.8 Å². The third-order valence-electron chi connectivity index (χ3n) is 5.02. The van der Waals surface area contributed by atoms with Crippen LogP contribution < -0.4 is 4.72 Å². The lowest BCUT2D eigenvalue weighted by atomic mass is 10.1. The van der Waals surface area contributed by atoms with Crippen molar-refractivity contribution in [2.24, 2.45) is 0 Å². The van der Waals surface area contributed by atoms with Gasteiger partial charge in [-0.05, 0) is 38.2 Å². The van der Waals surface area contributed by atoms with Gasteiger partial charge in [-0.3, -0.25) is 4.79 Å². The zero-order chi connectivity index (χ0) is 18.9. The zero-order valence-corrected chi connectivity index (χ0v) is 16.5. The van der Waals surface area contributed by atoms with Crippen LogP contribution in [0.3, 0.4) is 0 Å². The number of carbonyl (C=O) groups excluding carboxylic acids is 1. The summed E-state index contributed by atoms with van der Waals surface area (Å²) in [4.78, 5) is 14.1. The Morgan fingerprint density at radius 3 is 2.63 bits per heavy atom. The summed E-state index contributed by atoms with van der Waals surface area (Å²) in [5.41, 5.74) is 0.511. The van der Waals surface area contributed by atoms with Crippen LogP contribution in [0.5, 0.6) is 0 Å². The van der Waals surface area contributed by atoms with Crippen LogP contribution in [0.1, 0.15) is 55.6 Å². The molecule has 2 aromatic rings. The van der Waals surface area contributed by atoms with Crippen molar-refractivity contribution in [3.63, 3.8) is 0 Å². The molecule has 0 unspecified atom stereocenters. The standard InChI is InChI=1S/C17H22N4O4S2/c22-17(21-8-4-1-5-9-21)16-19-18-15(25-16)12-10-14(26-11-12)27(23,24)20-13-6-2-3-7-13/h10-11,13,20H,1-9H2. The number of likely N-dealkylation sites (tertiary alicyclic amines) is 1. The average molecular weight is 411 g/mol. The minimum absolute atomic E-state index is 0.0118. The van der Waals surface area contributed by atoms with Crippen molar-refractivity contribution in [1.82, 2.24) is 19.8 Å². The Morgan fingerprint density at radius 2 is 1.89 bits per heavy atom. The van der Waals surface area contributed by atoms with Crippen LogP contribution in [-0.4, -0.2) is 48.6 Å². The summed E-state index contributed by atoms with van der Waals surface area (Å²) < 4.78 is 33.5. The quantitative estimate of drug-likeness (QED) is 0.812. The normalized spacial score (nSPS) is 18.9. The second-order valence-corrected chi connectivity index (χ2v) is 9.87. The van der Waals surface area contributed by atoms with Crippen molar-refractivity contribution in [2.45, 2.75) is 55.2 Å². The van der Waals surface area contributed by atoms with Crippen LogP contribution in [0.25, 0.3) is 11.5 Å². The van der Waals surface area contributed by atoms with E-state index in [9.17, 15) is 13.2 Å². The van der Waals surface area contributed by atoms with E-state index in [1.165, 1.54) is 6.07 Å². The molecule has 1 N–H and O–H groups in total. The summed E-state index contributed by atoms with van der Waals surface area (Å²) in [6.07, 6.45) is 6.95. The number of nitrogens with one attached hydrogen (secondary N) is 1. The number of thiophene rings is 1. The van der Waals surface area contributed by atoms with Gasteiger partial charge in [-0.25, -0.2) is 13.1 Å². The first-order chi connectivity index (χ1) is 13.0. The number of carbonyl (C=O) groups is 1. The number of hydrogen-bond acceptors (Lipinski definition) is 7. The SMILES string of the molecule is O=C(c1nnc(-c2csc(S(=O)(=O)NC3CCCC3)c2)o1)N1CCCCC1. The molecule has 27 heavy (non-hydrogen) atoms. The third kappa shape index (κ3) is 4.07. The van der Waals surface area contributed by atoms with Crippen LogP contribution in [-0.2, 0) is 10.0 Å². The fourth-order valence-corrected chi connectivity index (χ4v) is 6.02. The maximum atomic E-state index is 12.5. The van der Waals surface area contributed by atoms with E-state index < -0.39 is 10.0 Å². The first-order valence-electron chi connectivity index (χ1n) is 9.27. The zero-order valence-electron chi connectivity index (χ0n) is 14.9. The van der Waals surface area contributed by atoms with Gasteiger partial charge in [0, 0.05) is 24.5 Å². The summed E-state index contributed by atoms with van der Waals surface area (Å²) in [7, 11) is -3.55. The molecule has 0 spiro atoms. The molecule has 1 saturated heterocycles. The number of piperidine rings is 1. The first kappa shape index (κ1) is 18.6. The van der Waals surface area contributed by atoms with E-state index in [0.29, 0.717) is 18.7 Å². The van der Waals surface area contributed by atoms with Crippen molar-refractivity contribution < 1.29 is 17.6 Å². The molecule has 0 aromatic carbocycles. The Bertz CT molecular complexity index is 909. The fraction of sp³-hybridized carbons (Fsp3) is 0.588. The summed E-state index contributed by atoms with van der Waals surface area (Å²) in [6, 6.07) is 1.53. The fourth-order valence-electron chi connectivity index (χ4n) is 3.55. The van der Waals surface area contributed by atoms with E-state index in [0.717, 1.165) is 56.3 Å². The molecule has 4 rings (SSSR count). The van der Waals surface area contributed by atoms with Crippen LogP contribution in [0.15, 0.2) is 20.1 Å². The Morgan fingerprint density at radius 1 is 1.15 bits per heavy atom. The summed E-state index contributed by atoms with van der Waals surface area (Å²) in [6.45, 7) is 1.40. The molecule has 1 saturated carbocycles. The highest BCUT2D eigenvalue weighted by molar-refractivity contribution is 7.91. The second kappa shape index (κ2) is 7.69. The van der Waals surface area contributed by atoms with E-state index in [2.05, 4.69) is 14.9 Å². The molecule has 1 amide bonds. The van der Waals surface area contributed by atoms with Gasteiger partial charge in [-0.2, -0.15) is 0 Å². The van der Waals surface area contributed by atoms with Crippen molar-refractivity contribution in [1.29, 1.82) is 0 Å². The lowest BCUT2D eigenvalue weighted by molar-refractivity contribution is 0.0684. The largest absolute Gasteiger partial charge is 0.412 e. The van der Waals surface area contributed by atoms with Gasteiger partial charge < -0.3 is 9.32 Å². The Balaban J connectivity index is 1.48. The lowest BCUT2D eigenvalue weighted by Gasteiger charge is -2.24. The molecule has 2 aliphatic rings. The van der Waals surface area contributed by atoms with Crippen molar-refractivity contribution >= 4 is 27.3 Å². The van der Waals surface area contributed by atoms with Crippen LogP contribution >= 0.6 is 11.3 Å². The maximum absolute atomic E-state index is 12.5. The molecule has 2 fully saturated rings. The number of rotatable bonds is 5. The van der Waals surface area contributed by atoms with Gasteiger partial charge in [0.25, 0.3) is 0 Å². The molecule has 0 bridgehead atoms. The average Bonchev–Trinajstić information content (AvgIpc) is 3.42. The van der Waals surface area contributed by atoms with Gasteiger partial charge in [0.05, 0.1) is 5.56 Å². The number of sulfonamides is 1. The highest BCUT2D eigenvalue weighted by Crippen LogP contribution is 2.29. The molecule has 1 aliphatic carbocycles. The van der Waals surface area contributed by atoms with Gasteiger partial charge in [0.15, 0.2) is 0 Å². The molecule has 8 nitrogen and oxygen atoms in total. The molecule has 0 atom stereocenters. The molecule has 3 heterocycles. The highest BCUT2D eigenvalue weighted by atomic mass is 32.2. The van der Waals surface area contributed by atoms with E-state index in [-0.39, 0.29) is 27.9 Å². The summed E-state index contributed by atoms with van der Waals surface area (Å²) in [5.74, 6) is -0.153. The molecular weight excluding hydrogens is 388 g/mol. The molecule has 0 radical (unpaired) electrons. The van der Waals surface area contributed by atoms with Crippen molar-refractivity contribution in [3.8, 4) is 11.5 Å². The van der Waals surface area contributed by atoms with Crippen molar-refractivity contribution in [2.75, 3.05) is 13.1 Å². The van der Waals surface area contributed by atoms with Crippen LogP contribution in [0, 0.1) is 0 Å². The molecule has 10 heteroatoms.